The maximum atomic E-state index is 13.0. The van der Waals surface area contributed by atoms with Crippen LogP contribution in [-0.4, -0.2) is 14.4 Å². The van der Waals surface area contributed by atoms with Gasteiger partial charge in [0.05, 0.1) is 5.39 Å². The first kappa shape index (κ1) is 13.4. The molecule has 0 amide bonds. The fraction of sp³-hybridized carbons (Fsp3) is 0. The van der Waals surface area contributed by atoms with Crippen LogP contribution < -0.4 is 10.3 Å². The van der Waals surface area contributed by atoms with E-state index in [0.717, 1.165) is 0 Å². The minimum atomic E-state index is -0.355. The van der Waals surface area contributed by atoms with E-state index in [-0.39, 0.29) is 11.4 Å². The van der Waals surface area contributed by atoms with E-state index in [9.17, 15) is 9.18 Å². The molecule has 0 saturated heterocycles. The van der Waals surface area contributed by atoms with Crippen molar-refractivity contribution in [1.82, 2.24) is 14.4 Å². The molecule has 0 aliphatic rings. The van der Waals surface area contributed by atoms with Crippen LogP contribution in [0.5, 0.6) is 11.6 Å². The van der Waals surface area contributed by atoms with Crippen molar-refractivity contribution in [2.75, 3.05) is 0 Å². The van der Waals surface area contributed by atoms with Gasteiger partial charge in [-0.2, -0.15) is 0 Å². The highest BCUT2D eigenvalue weighted by Crippen LogP contribution is 2.22. The lowest BCUT2D eigenvalue weighted by atomic mass is 10.3. The topological polar surface area (TPSA) is 56.5 Å². The number of hydrogen-bond donors (Lipinski definition) is 0. The van der Waals surface area contributed by atoms with Gasteiger partial charge in [0, 0.05) is 6.20 Å². The van der Waals surface area contributed by atoms with E-state index in [2.05, 4.69) is 9.97 Å². The molecule has 0 aliphatic carbocycles. The van der Waals surface area contributed by atoms with Gasteiger partial charge in [-0.25, -0.2) is 18.8 Å². The standard InChI is InChI=1S/C17H10FN3O2/c18-11-6-8-12(9-7-11)23-15-5-1-4-14-20-16-13(3-2-10-19-16)17(22)21(14)15/h1-10H. The maximum Gasteiger partial charge on any atom is 0.270 e. The molecular weight excluding hydrogens is 297 g/mol. The summed E-state index contributed by atoms with van der Waals surface area (Å²) >= 11 is 0. The van der Waals surface area contributed by atoms with Crippen molar-refractivity contribution >= 4 is 16.7 Å². The summed E-state index contributed by atoms with van der Waals surface area (Å²) in [7, 11) is 0. The van der Waals surface area contributed by atoms with E-state index in [1.165, 1.54) is 28.7 Å². The van der Waals surface area contributed by atoms with E-state index < -0.39 is 0 Å². The molecule has 23 heavy (non-hydrogen) atoms. The summed E-state index contributed by atoms with van der Waals surface area (Å²) < 4.78 is 20.1. The highest BCUT2D eigenvalue weighted by molar-refractivity contribution is 5.75. The molecule has 3 aromatic heterocycles. The summed E-state index contributed by atoms with van der Waals surface area (Å²) in [4.78, 5) is 21.2. The van der Waals surface area contributed by atoms with Crippen LogP contribution in [-0.2, 0) is 0 Å². The molecule has 0 N–H and O–H groups in total. The summed E-state index contributed by atoms with van der Waals surface area (Å²) in [6.07, 6.45) is 1.59. The fourth-order valence-electron chi connectivity index (χ4n) is 2.35. The van der Waals surface area contributed by atoms with Crippen LogP contribution in [0.1, 0.15) is 0 Å². The first-order valence-electron chi connectivity index (χ1n) is 6.92. The minimum Gasteiger partial charge on any atom is -0.440 e. The Bertz CT molecular complexity index is 1070. The molecule has 0 aliphatic heterocycles. The van der Waals surface area contributed by atoms with Crippen LogP contribution in [0.4, 0.5) is 4.39 Å². The first-order valence-corrected chi connectivity index (χ1v) is 6.92. The summed E-state index contributed by atoms with van der Waals surface area (Å²) in [5, 5.41) is 0.403. The second-order valence-electron chi connectivity index (χ2n) is 4.91. The van der Waals surface area contributed by atoms with Crippen molar-refractivity contribution in [2.45, 2.75) is 0 Å². The van der Waals surface area contributed by atoms with E-state index in [1.54, 1.807) is 36.5 Å². The number of benzene rings is 1. The second-order valence-corrected chi connectivity index (χ2v) is 4.91. The molecule has 1 aromatic carbocycles. The van der Waals surface area contributed by atoms with Gasteiger partial charge < -0.3 is 4.74 Å². The molecule has 0 unspecified atom stereocenters. The number of aromatic nitrogens is 3. The third kappa shape index (κ3) is 2.30. The van der Waals surface area contributed by atoms with Gasteiger partial charge in [0.2, 0.25) is 5.88 Å². The van der Waals surface area contributed by atoms with E-state index in [4.69, 9.17) is 4.74 Å². The fourth-order valence-corrected chi connectivity index (χ4v) is 2.35. The monoisotopic (exact) mass is 307 g/mol. The van der Waals surface area contributed by atoms with Gasteiger partial charge >= 0.3 is 0 Å². The van der Waals surface area contributed by atoms with Crippen molar-refractivity contribution in [1.29, 1.82) is 0 Å². The van der Waals surface area contributed by atoms with Crippen LogP contribution >= 0.6 is 0 Å². The van der Waals surface area contributed by atoms with Crippen molar-refractivity contribution in [2.24, 2.45) is 0 Å². The summed E-state index contributed by atoms with van der Waals surface area (Å²) in [6.45, 7) is 0. The molecular formula is C17H10FN3O2. The molecule has 4 aromatic rings. The Labute approximate surface area is 129 Å². The maximum absolute atomic E-state index is 13.0. The van der Waals surface area contributed by atoms with Gasteiger partial charge in [-0.15, -0.1) is 0 Å². The average Bonchev–Trinajstić information content (AvgIpc) is 2.57. The molecule has 0 saturated carbocycles. The van der Waals surface area contributed by atoms with E-state index in [1.807, 2.05) is 0 Å². The molecule has 0 fully saturated rings. The van der Waals surface area contributed by atoms with Gasteiger partial charge in [-0.05, 0) is 48.5 Å². The summed E-state index contributed by atoms with van der Waals surface area (Å²) in [5.41, 5.74) is 0.549. The quantitative estimate of drug-likeness (QED) is 0.534. The number of pyridine rings is 2. The van der Waals surface area contributed by atoms with Crippen molar-refractivity contribution in [3.63, 3.8) is 0 Å². The SMILES string of the molecule is O=c1c2cccnc2nc2cccc(Oc3ccc(F)cc3)n12. The largest absolute Gasteiger partial charge is 0.440 e. The lowest BCUT2D eigenvalue weighted by Gasteiger charge is -2.10. The number of nitrogens with zero attached hydrogens (tertiary/aromatic N) is 3. The van der Waals surface area contributed by atoms with Crippen LogP contribution in [0.2, 0.25) is 0 Å². The van der Waals surface area contributed by atoms with Gasteiger partial charge in [0.25, 0.3) is 5.56 Å². The van der Waals surface area contributed by atoms with E-state index in [0.29, 0.717) is 28.3 Å². The highest BCUT2D eigenvalue weighted by Gasteiger charge is 2.10. The number of rotatable bonds is 2. The van der Waals surface area contributed by atoms with Crippen molar-refractivity contribution in [3.8, 4) is 11.6 Å². The molecule has 4 rings (SSSR count). The number of halogens is 1. The zero-order valence-electron chi connectivity index (χ0n) is 11.8. The number of ether oxygens (including phenoxy) is 1. The lowest BCUT2D eigenvalue weighted by Crippen LogP contribution is -2.17. The second kappa shape index (κ2) is 5.17. The van der Waals surface area contributed by atoms with Crippen LogP contribution in [0.3, 0.4) is 0 Å². The van der Waals surface area contributed by atoms with Gasteiger partial charge in [-0.3, -0.25) is 4.79 Å². The van der Waals surface area contributed by atoms with Crippen LogP contribution in [0, 0.1) is 5.82 Å². The average molecular weight is 307 g/mol. The first-order chi connectivity index (χ1) is 11.2. The molecule has 0 atom stereocenters. The Morgan fingerprint density at radius 2 is 1.83 bits per heavy atom. The zero-order valence-corrected chi connectivity index (χ0v) is 11.8. The molecule has 0 radical (unpaired) electrons. The molecule has 0 bridgehead atoms. The smallest absolute Gasteiger partial charge is 0.270 e. The van der Waals surface area contributed by atoms with Gasteiger partial charge in [0.15, 0.2) is 5.65 Å². The normalized spacial score (nSPS) is 11.0. The van der Waals surface area contributed by atoms with E-state index >= 15 is 0 Å². The van der Waals surface area contributed by atoms with Gasteiger partial charge in [0.1, 0.15) is 17.2 Å². The molecule has 3 heterocycles. The Balaban J connectivity index is 1.94. The lowest BCUT2D eigenvalue weighted by molar-refractivity contribution is 0.452. The van der Waals surface area contributed by atoms with Gasteiger partial charge in [-0.1, -0.05) is 6.07 Å². The third-order valence-electron chi connectivity index (χ3n) is 3.41. The molecule has 0 spiro atoms. The zero-order chi connectivity index (χ0) is 15.8. The third-order valence-corrected chi connectivity index (χ3v) is 3.41. The minimum absolute atomic E-state index is 0.268. The highest BCUT2D eigenvalue weighted by atomic mass is 19.1. The Morgan fingerprint density at radius 3 is 2.65 bits per heavy atom. The van der Waals surface area contributed by atoms with Crippen molar-refractivity contribution in [3.05, 3.63) is 77.0 Å². The number of fused-ring (bicyclic) bond motifs is 2. The predicted octanol–water partition coefficient (Wildman–Crippen LogP) is 3.17. The Morgan fingerprint density at radius 1 is 1.00 bits per heavy atom. The molecule has 6 heteroatoms. The van der Waals surface area contributed by atoms with Crippen molar-refractivity contribution < 1.29 is 9.13 Å². The summed E-state index contributed by atoms with van der Waals surface area (Å²) in [6, 6.07) is 14.0. The predicted molar refractivity (Wildman–Crippen MR) is 83.2 cm³/mol. The Kier molecular flexibility index (Phi) is 3.01. The van der Waals surface area contributed by atoms with Crippen LogP contribution in [0.25, 0.3) is 16.7 Å². The summed E-state index contributed by atoms with van der Waals surface area (Å²) in [5.74, 6) is 0.376. The Hall–Kier alpha value is -3.28. The molecule has 5 nitrogen and oxygen atoms in total. The number of hydrogen-bond acceptors (Lipinski definition) is 4. The van der Waals surface area contributed by atoms with Crippen LogP contribution in [0.15, 0.2) is 65.6 Å². The molecule has 112 valence electrons.